The van der Waals surface area contributed by atoms with Gasteiger partial charge in [0.15, 0.2) is 0 Å². The van der Waals surface area contributed by atoms with Crippen LogP contribution in [0.3, 0.4) is 0 Å². The first-order chi connectivity index (χ1) is 31.5. The Morgan fingerprint density at radius 3 is 0.938 bits per heavy atom. The molecule has 1 aliphatic rings. The average Bonchev–Trinajstić information content (AvgIpc) is 3.78. The first kappa shape index (κ1) is 44.7. The highest BCUT2D eigenvalue weighted by atomic mass is 15.0. The molecule has 0 unspecified atom stereocenters. The van der Waals surface area contributed by atoms with Gasteiger partial charge in [0.05, 0.1) is 10.7 Å². The second-order valence-corrected chi connectivity index (χ2v) is 18.0. The van der Waals surface area contributed by atoms with Gasteiger partial charge in [-0.3, -0.25) is 9.98 Å². The number of unbranched alkanes of at least 4 members (excludes halogenated alkanes) is 4. The van der Waals surface area contributed by atoms with Crippen LogP contribution in [0, 0.1) is 0 Å². The molecule has 0 saturated carbocycles. The number of aryl methyl sites for hydroxylation is 4. The Hall–Kier alpha value is -5.86. The molecule has 0 aromatic heterocycles. The highest BCUT2D eigenvalue weighted by Gasteiger charge is 2.23. The molecule has 1 aliphatic heterocycles. The summed E-state index contributed by atoms with van der Waals surface area (Å²) in [6.07, 6.45) is 15.9. The molecule has 0 amide bonds. The van der Waals surface area contributed by atoms with Crippen LogP contribution in [-0.2, 0) is 25.7 Å². The van der Waals surface area contributed by atoms with Crippen LogP contribution in [0.15, 0.2) is 156 Å². The number of rotatable bonds is 20. The lowest BCUT2D eigenvalue weighted by atomic mass is 9.84. The summed E-state index contributed by atoms with van der Waals surface area (Å²) in [5.41, 5.74) is 20.2. The topological polar surface area (TPSA) is 24.7 Å². The molecule has 0 bridgehead atoms. The normalized spacial score (nSPS) is 12.3. The molecule has 1 heterocycles. The smallest absolute Gasteiger partial charge is 0.141 e. The van der Waals surface area contributed by atoms with Crippen molar-refractivity contribution in [2.75, 3.05) is 0 Å². The summed E-state index contributed by atoms with van der Waals surface area (Å²) >= 11 is 0. The van der Waals surface area contributed by atoms with E-state index in [1.165, 1.54) is 129 Å². The maximum atomic E-state index is 5.52. The number of fused-ring (bicyclic) bond motifs is 1. The van der Waals surface area contributed by atoms with Crippen molar-refractivity contribution in [2.24, 2.45) is 9.98 Å². The molecular weight excluding hydrogens is 773 g/mol. The van der Waals surface area contributed by atoms with Gasteiger partial charge < -0.3 is 0 Å². The average molecular weight is 841 g/mol. The van der Waals surface area contributed by atoms with Gasteiger partial charge in [0, 0.05) is 11.1 Å². The van der Waals surface area contributed by atoms with Gasteiger partial charge in [-0.2, -0.15) is 0 Å². The van der Waals surface area contributed by atoms with Crippen molar-refractivity contribution in [3.63, 3.8) is 0 Å². The molecule has 0 N–H and O–H groups in total. The van der Waals surface area contributed by atoms with Crippen LogP contribution in [0.25, 0.3) is 66.8 Å². The zero-order valence-corrected chi connectivity index (χ0v) is 39.2. The van der Waals surface area contributed by atoms with Crippen LogP contribution < -0.4 is 10.7 Å². The van der Waals surface area contributed by atoms with Crippen LogP contribution in [-0.4, -0.2) is 6.17 Å². The van der Waals surface area contributed by atoms with Crippen LogP contribution in [0.4, 0.5) is 0 Å². The molecule has 0 radical (unpaired) electrons. The van der Waals surface area contributed by atoms with Crippen molar-refractivity contribution in [1.82, 2.24) is 0 Å². The lowest BCUT2D eigenvalue weighted by Crippen LogP contribution is -2.26. The van der Waals surface area contributed by atoms with Gasteiger partial charge in [0.25, 0.3) is 0 Å². The van der Waals surface area contributed by atoms with E-state index in [2.05, 4.69) is 180 Å². The molecule has 0 spiro atoms. The van der Waals surface area contributed by atoms with Crippen molar-refractivity contribution < 1.29 is 0 Å². The van der Waals surface area contributed by atoms with Crippen molar-refractivity contribution in [2.45, 2.75) is 131 Å². The zero-order valence-electron chi connectivity index (χ0n) is 39.2. The van der Waals surface area contributed by atoms with Crippen molar-refractivity contribution in [3.8, 4) is 66.8 Å². The van der Waals surface area contributed by atoms with E-state index in [0.717, 1.165) is 60.4 Å². The van der Waals surface area contributed by atoms with Gasteiger partial charge in [-0.25, -0.2) is 0 Å². The summed E-state index contributed by atoms with van der Waals surface area (Å²) in [5.74, 6) is 0. The molecule has 64 heavy (non-hydrogen) atoms. The zero-order chi connectivity index (χ0) is 44.3. The Kier molecular flexibility index (Phi) is 15.2. The molecule has 0 saturated heterocycles. The highest BCUT2D eigenvalue weighted by Crippen LogP contribution is 2.42. The molecule has 0 atom stereocenters. The Morgan fingerprint density at radius 2 is 0.625 bits per heavy atom. The minimum Gasteiger partial charge on any atom is -0.256 e. The van der Waals surface area contributed by atoms with Gasteiger partial charge in [0.1, 0.15) is 6.17 Å². The Balaban J connectivity index is 1.32. The van der Waals surface area contributed by atoms with Crippen LogP contribution in [0.5, 0.6) is 0 Å². The van der Waals surface area contributed by atoms with Crippen molar-refractivity contribution in [3.05, 3.63) is 179 Å². The molecule has 2 heteroatoms. The van der Waals surface area contributed by atoms with Crippen LogP contribution >= 0.6 is 0 Å². The van der Waals surface area contributed by atoms with Crippen molar-refractivity contribution >= 4 is 0 Å². The molecule has 8 rings (SSSR count). The van der Waals surface area contributed by atoms with E-state index in [1.807, 2.05) is 0 Å². The van der Waals surface area contributed by atoms with E-state index < -0.39 is 0 Å². The van der Waals surface area contributed by atoms with E-state index in [9.17, 15) is 0 Å². The number of hydrogen-bond donors (Lipinski definition) is 0. The van der Waals surface area contributed by atoms with E-state index in [1.54, 1.807) is 0 Å². The first-order valence-electron chi connectivity index (χ1n) is 24.8. The molecule has 2 nitrogen and oxygen atoms in total. The van der Waals surface area contributed by atoms with Gasteiger partial charge in [-0.05, 0) is 136 Å². The predicted octanol–water partition coefficient (Wildman–Crippen LogP) is 16.4. The lowest BCUT2D eigenvalue weighted by Gasteiger charge is -2.19. The van der Waals surface area contributed by atoms with E-state index in [-0.39, 0.29) is 6.17 Å². The number of hydrogen-bond acceptors (Lipinski definition) is 2. The summed E-state index contributed by atoms with van der Waals surface area (Å²) in [7, 11) is 0. The highest BCUT2D eigenvalue weighted by molar-refractivity contribution is 5.97. The molecular formula is C62H68N2. The maximum absolute atomic E-state index is 5.52. The molecule has 0 aliphatic carbocycles. The summed E-state index contributed by atoms with van der Waals surface area (Å²) in [5, 5.41) is 2.02. The minimum atomic E-state index is -0.111. The van der Waals surface area contributed by atoms with Gasteiger partial charge in [-0.15, -0.1) is 0 Å². The first-order valence-corrected chi connectivity index (χ1v) is 24.8. The summed E-state index contributed by atoms with van der Waals surface area (Å²) in [6, 6.07) is 55.8. The van der Waals surface area contributed by atoms with E-state index in [4.69, 9.17) is 9.98 Å². The van der Waals surface area contributed by atoms with E-state index in [0.29, 0.717) is 0 Å². The number of nitrogens with zero attached hydrogens (tertiary/aromatic N) is 2. The second kappa shape index (κ2) is 21.7. The number of benzene rings is 7. The molecule has 7 aromatic carbocycles. The van der Waals surface area contributed by atoms with Crippen LogP contribution in [0.1, 0.15) is 121 Å². The third-order valence-electron chi connectivity index (χ3n) is 13.3. The SMILES string of the molecule is CCCCc1ccc(-c2cccc(-c3ccc(-c4cccc(-c5ccc(CCCC)cc5)c4-c4ccc(CCCC)cc4)c4c3=NC(CCC)N=4)c2-c2ccc(CCCC)cc2)cc1. The summed E-state index contributed by atoms with van der Waals surface area (Å²) in [6.45, 7) is 11.3. The largest absolute Gasteiger partial charge is 0.256 e. The Morgan fingerprint density at radius 1 is 0.312 bits per heavy atom. The fourth-order valence-electron chi connectivity index (χ4n) is 9.55. The Bertz CT molecular complexity index is 2550. The van der Waals surface area contributed by atoms with E-state index >= 15 is 0 Å². The van der Waals surface area contributed by atoms with Gasteiger partial charge in [0.2, 0.25) is 0 Å². The molecule has 0 fully saturated rings. The van der Waals surface area contributed by atoms with Gasteiger partial charge >= 0.3 is 0 Å². The standard InChI is InChI=1S/C62H68N2/c1-6-11-18-44-26-34-48(35-27-44)52-22-15-24-54(59(52)50-38-30-46(31-39-50)20-13-8-3)56-42-43-57(62-61(56)63-58(64-62)17-10-5)55-25-16-23-53(49-36-28-45(29-37-49)19-12-7-2)60(55)51-40-32-47(33-41-51)21-14-9-4/h15-16,22-43,58H,6-14,17-21H2,1-5H3. The van der Waals surface area contributed by atoms with Gasteiger partial charge in [-0.1, -0.05) is 212 Å². The third-order valence-corrected chi connectivity index (χ3v) is 13.3. The fourth-order valence-corrected chi connectivity index (χ4v) is 9.55. The second-order valence-electron chi connectivity index (χ2n) is 18.0. The molecule has 7 aromatic rings. The molecule has 326 valence electrons. The lowest BCUT2D eigenvalue weighted by molar-refractivity contribution is 0.628. The predicted molar refractivity (Wildman–Crippen MR) is 275 cm³/mol. The maximum Gasteiger partial charge on any atom is 0.141 e. The van der Waals surface area contributed by atoms with Crippen molar-refractivity contribution in [1.29, 1.82) is 0 Å². The third kappa shape index (κ3) is 10.1. The Labute approximate surface area is 384 Å². The monoisotopic (exact) mass is 841 g/mol. The fraction of sp³-hybridized carbons (Fsp3) is 0.323. The summed E-state index contributed by atoms with van der Waals surface area (Å²) in [4.78, 5) is 11.0. The van der Waals surface area contributed by atoms with Crippen LogP contribution in [0.2, 0.25) is 0 Å². The quantitative estimate of drug-likeness (QED) is 0.0730. The minimum absolute atomic E-state index is 0.111. The summed E-state index contributed by atoms with van der Waals surface area (Å²) < 4.78 is 0.